The number of para-hydroxylation sites is 1. The van der Waals surface area contributed by atoms with Gasteiger partial charge in [-0.05, 0) is 35.7 Å². The van der Waals surface area contributed by atoms with E-state index in [1.165, 1.54) is 25.3 Å². The molecule has 2 aromatic carbocycles. The number of carbonyl (C=O) groups excluding carboxylic acids is 3. The third kappa shape index (κ3) is 4.61. The van der Waals surface area contributed by atoms with E-state index in [-0.39, 0.29) is 22.2 Å². The van der Waals surface area contributed by atoms with E-state index in [1.54, 1.807) is 12.1 Å². The van der Waals surface area contributed by atoms with Crippen LogP contribution >= 0.6 is 11.6 Å². The Morgan fingerprint density at radius 3 is 2.19 bits per heavy atom. The molecule has 136 valence electrons. The third-order valence-electron chi connectivity index (χ3n) is 3.67. The lowest BCUT2D eigenvalue weighted by Gasteiger charge is -2.14. The first-order valence-electron chi connectivity index (χ1n) is 7.92. The fraction of sp³-hybridized carbons (Fsp3) is 0.211. The Bertz CT molecular complexity index is 849. The molecule has 0 atom stereocenters. The number of carbonyl (C=O) groups is 3. The van der Waals surface area contributed by atoms with Gasteiger partial charge in [-0.3, -0.25) is 9.59 Å². The third-order valence-corrected chi connectivity index (χ3v) is 4.00. The predicted octanol–water partition coefficient (Wildman–Crippen LogP) is 3.83. The first-order valence-corrected chi connectivity index (χ1v) is 8.30. The van der Waals surface area contributed by atoms with Crippen LogP contribution in [-0.2, 0) is 14.3 Å². The number of rotatable bonds is 4. The average molecular weight is 375 g/mol. The summed E-state index contributed by atoms with van der Waals surface area (Å²) in [7, 11) is 1.24. The summed E-state index contributed by atoms with van der Waals surface area (Å²) in [4.78, 5) is 36.0. The summed E-state index contributed by atoms with van der Waals surface area (Å²) >= 11 is 6.02. The summed E-state index contributed by atoms with van der Waals surface area (Å²) in [5, 5.41) is 5.20. The van der Waals surface area contributed by atoms with Gasteiger partial charge in [0.15, 0.2) is 0 Å². The smallest absolute Gasteiger partial charge is 0.337 e. The SMILES string of the molecule is COC(=O)c1ccc(Cl)c(NC(=O)C(=O)Nc2ccccc2C(C)C)c1. The van der Waals surface area contributed by atoms with E-state index in [2.05, 4.69) is 15.4 Å². The van der Waals surface area contributed by atoms with Gasteiger partial charge in [0.25, 0.3) is 0 Å². The molecule has 0 unspecified atom stereocenters. The van der Waals surface area contributed by atoms with Gasteiger partial charge in [-0.15, -0.1) is 0 Å². The van der Waals surface area contributed by atoms with Crippen LogP contribution < -0.4 is 10.6 Å². The number of halogens is 1. The molecule has 0 aliphatic rings. The minimum absolute atomic E-state index is 0.145. The number of amides is 2. The number of esters is 1. The fourth-order valence-electron chi connectivity index (χ4n) is 2.34. The molecule has 2 amide bonds. The van der Waals surface area contributed by atoms with Crippen molar-refractivity contribution in [3.05, 3.63) is 58.6 Å². The molecule has 0 fully saturated rings. The minimum Gasteiger partial charge on any atom is -0.465 e. The number of methoxy groups -OCH3 is 1. The van der Waals surface area contributed by atoms with Crippen molar-refractivity contribution in [2.24, 2.45) is 0 Å². The van der Waals surface area contributed by atoms with Crippen molar-refractivity contribution in [2.75, 3.05) is 17.7 Å². The lowest BCUT2D eigenvalue weighted by molar-refractivity contribution is -0.133. The Morgan fingerprint density at radius 2 is 1.58 bits per heavy atom. The standard InChI is InChI=1S/C19H19ClN2O4/c1-11(2)13-6-4-5-7-15(13)21-17(23)18(24)22-16-10-12(19(25)26-3)8-9-14(16)20/h4-11H,1-3H3,(H,21,23)(H,22,24). The summed E-state index contributed by atoms with van der Waals surface area (Å²) < 4.78 is 4.62. The van der Waals surface area contributed by atoms with Gasteiger partial charge >= 0.3 is 17.8 Å². The molecule has 2 rings (SSSR count). The van der Waals surface area contributed by atoms with E-state index < -0.39 is 17.8 Å². The highest BCUT2D eigenvalue weighted by atomic mass is 35.5. The number of nitrogens with one attached hydrogen (secondary N) is 2. The van der Waals surface area contributed by atoms with Crippen molar-refractivity contribution in [2.45, 2.75) is 19.8 Å². The van der Waals surface area contributed by atoms with Gasteiger partial charge in [-0.1, -0.05) is 43.6 Å². The molecule has 0 saturated carbocycles. The highest BCUT2D eigenvalue weighted by Gasteiger charge is 2.18. The zero-order valence-corrected chi connectivity index (χ0v) is 15.4. The van der Waals surface area contributed by atoms with Crippen LogP contribution in [0.3, 0.4) is 0 Å². The summed E-state index contributed by atoms with van der Waals surface area (Å²) in [5.74, 6) is -2.13. The van der Waals surface area contributed by atoms with Crippen LogP contribution in [-0.4, -0.2) is 24.9 Å². The first-order chi connectivity index (χ1) is 12.3. The molecule has 0 heterocycles. The van der Waals surface area contributed by atoms with Gasteiger partial charge in [0.1, 0.15) is 0 Å². The first kappa shape index (κ1) is 19.5. The lowest BCUT2D eigenvalue weighted by Crippen LogP contribution is -2.29. The molecular weight excluding hydrogens is 356 g/mol. The van der Waals surface area contributed by atoms with E-state index in [9.17, 15) is 14.4 Å². The van der Waals surface area contributed by atoms with Crippen molar-refractivity contribution in [1.82, 2.24) is 0 Å². The number of hydrogen-bond donors (Lipinski definition) is 2. The average Bonchev–Trinajstić information content (AvgIpc) is 2.63. The fourth-order valence-corrected chi connectivity index (χ4v) is 2.50. The van der Waals surface area contributed by atoms with Crippen LogP contribution in [0, 0.1) is 0 Å². The van der Waals surface area contributed by atoms with Gasteiger partial charge < -0.3 is 15.4 Å². The predicted molar refractivity (Wildman–Crippen MR) is 101 cm³/mol. The second-order valence-corrected chi connectivity index (χ2v) is 6.24. The van der Waals surface area contributed by atoms with Crippen molar-refractivity contribution in [1.29, 1.82) is 0 Å². The Kier molecular flexibility index (Phi) is 6.36. The number of benzene rings is 2. The second kappa shape index (κ2) is 8.49. The molecule has 0 aliphatic heterocycles. The maximum atomic E-state index is 12.2. The zero-order valence-electron chi connectivity index (χ0n) is 14.6. The number of ether oxygens (including phenoxy) is 1. The van der Waals surface area contributed by atoms with Crippen molar-refractivity contribution in [3.8, 4) is 0 Å². The van der Waals surface area contributed by atoms with Gasteiger partial charge in [0.05, 0.1) is 23.4 Å². The monoisotopic (exact) mass is 374 g/mol. The van der Waals surface area contributed by atoms with Crippen LogP contribution in [0.5, 0.6) is 0 Å². The molecule has 26 heavy (non-hydrogen) atoms. The van der Waals surface area contributed by atoms with Crippen molar-refractivity contribution in [3.63, 3.8) is 0 Å². The summed E-state index contributed by atoms with van der Waals surface area (Å²) in [6.07, 6.45) is 0. The van der Waals surface area contributed by atoms with Crippen molar-refractivity contribution >= 4 is 40.8 Å². The molecule has 2 aromatic rings. The van der Waals surface area contributed by atoms with Crippen LogP contribution in [0.1, 0.15) is 35.7 Å². The van der Waals surface area contributed by atoms with Crippen LogP contribution in [0.2, 0.25) is 5.02 Å². The topological polar surface area (TPSA) is 84.5 Å². The summed E-state index contributed by atoms with van der Waals surface area (Å²) in [6, 6.07) is 11.5. The van der Waals surface area contributed by atoms with E-state index in [1.807, 2.05) is 26.0 Å². The van der Waals surface area contributed by atoms with Gasteiger partial charge in [-0.25, -0.2) is 4.79 Å². The number of hydrogen-bond acceptors (Lipinski definition) is 4. The Balaban J connectivity index is 2.15. The maximum absolute atomic E-state index is 12.2. The van der Waals surface area contributed by atoms with Crippen LogP contribution in [0.15, 0.2) is 42.5 Å². The van der Waals surface area contributed by atoms with E-state index in [4.69, 9.17) is 11.6 Å². The largest absolute Gasteiger partial charge is 0.465 e. The molecule has 0 aromatic heterocycles. The molecule has 7 heteroatoms. The number of anilines is 2. The zero-order chi connectivity index (χ0) is 19.3. The quantitative estimate of drug-likeness (QED) is 0.629. The molecule has 2 N–H and O–H groups in total. The van der Waals surface area contributed by atoms with Gasteiger partial charge in [0.2, 0.25) is 0 Å². The van der Waals surface area contributed by atoms with Crippen molar-refractivity contribution < 1.29 is 19.1 Å². The minimum atomic E-state index is -0.896. The summed E-state index contributed by atoms with van der Waals surface area (Å²) in [6.45, 7) is 3.98. The molecular formula is C19H19ClN2O4. The molecule has 0 aliphatic carbocycles. The van der Waals surface area contributed by atoms with E-state index in [0.717, 1.165) is 5.56 Å². The van der Waals surface area contributed by atoms with Crippen LogP contribution in [0.4, 0.5) is 11.4 Å². The van der Waals surface area contributed by atoms with Gasteiger partial charge in [-0.2, -0.15) is 0 Å². The normalized spacial score (nSPS) is 10.3. The Morgan fingerprint density at radius 1 is 0.962 bits per heavy atom. The maximum Gasteiger partial charge on any atom is 0.337 e. The highest BCUT2D eigenvalue weighted by molar-refractivity contribution is 6.45. The van der Waals surface area contributed by atoms with E-state index in [0.29, 0.717) is 5.69 Å². The molecule has 0 bridgehead atoms. The van der Waals surface area contributed by atoms with Crippen LogP contribution in [0.25, 0.3) is 0 Å². The molecule has 0 radical (unpaired) electrons. The van der Waals surface area contributed by atoms with E-state index >= 15 is 0 Å². The highest BCUT2D eigenvalue weighted by Crippen LogP contribution is 2.25. The molecule has 0 spiro atoms. The lowest BCUT2D eigenvalue weighted by atomic mass is 10.0. The molecule has 0 saturated heterocycles. The molecule has 6 nitrogen and oxygen atoms in total. The second-order valence-electron chi connectivity index (χ2n) is 5.84. The van der Waals surface area contributed by atoms with Gasteiger partial charge in [0, 0.05) is 5.69 Å². The Hall–Kier alpha value is -2.86. The summed E-state index contributed by atoms with van der Waals surface area (Å²) in [5.41, 5.74) is 1.83. The Labute approximate surface area is 156 Å².